The number of rotatable bonds is 3. The Morgan fingerprint density at radius 1 is 1.42 bits per heavy atom. The smallest absolute Gasteiger partial charge is 0.123 e. The first-order valence-electron chi connectivity index (χ1n) is 7.43. The molecule has 0 bridgehead atoms. The molecule has 1 N–H and O–H groups in total. The van der Waals surface area contributed by atoms with Crippen molar-refractivity contribution in [2.45, 2.75) is 38.8 Å². The van der Waals surface area contributed by atoms with Crippen LogP contribution < -0.4 is 10.1 Å². The zero-order valence-electron chi connectivity index (χ0n) is 12.0. The first-order chi connectivity index (χ1) is 9.20. The van der Waals surface area contributed by atoms with Gasteiger partial charge in [0.15, 0.2) is 0 Å². The van der Waals surface area contributed by atoms with E-state index in [9.17, 15) is 0 Å². The van der Waals surface area contributed by atoms with Gasteiger partial charge in [-0.15, -0.1) is 0 Å². The highest BCUT2D eigenvalue weighted by Crippen LogP contribution is 2.32. The second-order valence-corrected chi connectivity index (χ2v) is 5.99. The summed E-state index contributed by atoms with van der Waals surface area (Å²) < 4.78 is 6.42. The third-order valence-electron chi connectivity index (χ3n) is 4.42. The average Bonchev–Trinajstić information content (AvgIpc) is 2.81. The molecule has 0 aromatic heterocycles. The van der Waals surface area contributed by atoms with Gasteiger partial charge in [0.2, 0.25) is 0 Å². The molecule has 19 heavy (non-hydrogen) atoms. The van der Waals surface area contributed by atoms with Gasteiger partial charge in [0.1, 0.15) is 11.4 Å². The van der Waals surface area contributed by atoms with E-state index in [1.807, 2.05) is 0 Å². The fraction of sp³-hybridized carbons (Fsp3) is 0.625. The number of hydrogen-bond acceptors (Lipinski definition) is 3. The summed E-state index contributed by atoms with van der Waals surface area (Å²) in [5.74, 6) is 1.11. The van der Waals surface area contributed by atoms with E-state index in [4.69, 9.17) is 4.74 Å². The van der Waals surface area contributed by atoms with Crippen molar-refractivity contribution in [3.8, 4) is 5.75 Å². The monoisotopic (exact) mass is 260 g/mol. The molecule has 3 rings (SSSR count). The molecule has 1 unspecified atom stereocenters. The Hall–Kier alpha value is -1.06. The average molecular weight is 260 g/mol. The molecular weight excluding hydrogens is 236 g/mol. The molecule has 1 saturated heterocycles. The lowest BCUT2D eigenvalue weighted by molar-refractivity contribution is 0.0954. The molecule has 0 radical (unpaired) electrons. The molecule has 2 aliphatic heterocycles. The van der Waals surface area contributed by atoms with Crippen molar-refractivity contribution >= 4 is 0 Å². The van der Waals surface area contributed by atoms with E-state index in [1.165, 1.54) is 11.1 Å². The molecule has 2 aliphatic rings. The lowest BCUT2D eigenvalue weighted by atomic mass is 9.99. The molecule has 0 amide bonds. The third kappa shape index (κ3) is 2.63. The van der Waals surface area contributed by atoms with Gasteiger partial charge in [-0.05, 0) is 43.6 Å². The zero-order valence-corrected chi connectivity index (χ0v) is 12.0. The Morgan fingerprint density at radius 2 is 2.32 bits per heavy atom. The molecule has 1 aromatic rings. The molecule has 1 fully saturated rings. The van der Waals surface area contributed by atoms with Gasteiger partial charge < -0.3 is 10.1 Å². The van der Waals surface area contributed by atoms with Crippen LogP contribution in [0.15, 0.2) is 18.2 Å². The van der Waals surface area contributed by atoms with Crippen LogP contribution in [0.4, 0.5) is 0 Å². The third-order valence-corrected chi connectivity index (χ3v) is 4.42. The molecule has 2 heterocycles. The molecule has 0 aliphatic carbocycles. The van der Waals surface area contributed by atoms with Crippen LogP contribution in [0.25, 0.3) is 0 Å². The highest BCUT2D eigenvalue weighted by atomic mass is 16.5. The van der Waals surface area contributed by atoms with Gasteiger partial charge in [-0.1, -0.05) is 19.1 Å². The van der Waals surface area contributed by atoms with Crippen molar-refractivity contribution in [1.82, 2.24) is 10.2 Å². The summed E-state index contributed by atoms with van der Waals surface area (Å²) in [5.41, 5.74) is 2.80. The maximum atomic E-state index is 6.42. The standard InChI is InChI=1S/C16H24N2O/c1-3-18-10-8-16(2,12-18)19-15-6-4-5-13-11-17-9-7-14(13)15/h4-6,17H,3,7-12H2,1-2H3. The summed E-state index contributed by atoms with van der Waals surface area (Å²) >= 11 is 0. The second-order valence-electron chi connectivity index (χ2n) is 5.99. The maximum Gasteiger partial charge on any atom is 0.123 e. The molecule has 0 spiro atoms. The van der Waals surface area contributed by atoms with Gasteiger partial charge in [-0.25, -0.2) is 0 Å². The van der Waals surface area contributed by atoms with E-state index in [-0.39, 0.29) is 5.60 Å². The normalized spacial score (nSPS) is 27.3. The number of likely N-dealkylation sites (N-methyl/N-ethyl adjacent to an activating group) is 1. The van der Waals surface area contributed by atoms with Crippen molar-refractivity contribution < 1.29 is 4.74 Å². The highest BCUT2D eigenvalue weighted by Gasteiger charge is 2.35. The summed E-state index contributed by atoms with van der Waals surface area (Å²) in [4.78, 5) is 2.47. The fourth-order valence-corrected chi connectivity index (χ4v) is 3.24. The number of nitrogens with one attached hydrogen (secondary N) is 1. The van der Waals surface area contributed by atoms with Crippen LogP contribution in [-0.2, 0) is 13.0 Å². The minimum atomic E-state index is -0.0178. The summed E-state index contributed by atoms with van der Waals surface area (Å²) in [7, 11) is 0. The lowest BCUT2D eigenvalue weighted by Gasteiger charge is -2.29. The summed E-state index contributed by atoms with van der Waals surface area (Å²) in [6.45, 7) is 9.84. The maximum absolute atomic E-state index is 6.42. The van der Waals surface area contributed by atoms with E-state index < -0.39 is 0 Å². The number of ether oxygens (including phenoxy) is 1. The second kappa shape index (κ2) is 5.14. The molecule has 3 heteroatoms. The van der Waals surface area contributed by atoms with E-state index in [0.717, 1.165) is 51.3 Å². The van der Waals surface area contributed by atoms with Gasteiger partial charge in [-0.2, -0.15) is 0 Å². The summed E-state index contributed by atoms with van der Waals surface area (Å²) in [6.07, 6.45) is 2.21. The summed E-state index contributed by atoms with van der Waals surface area (Å²) in [6, 6.07) is 6.48. The first kappa shape index (κ1) is 12.9. The van der Waals surface area contributed by atoms with Crippen LogP contribution >= 0.6 is 0 Å². The van der Waals surface area contributed by atoms with E-state index in [0.29, 0.717) is 0 Å². The molecule has 1 aromatic carbocycles. The van der Waals surface area contributed by atoms with Crippen LogP contribution in [-0.4, -0.2) is 36.7 Å². The van der Waals surface area contributed by atoms with E-state index in [2.05, 4.69) is 42.3 Å². The minimum Gasteiger partial charge on any atom is -0.486 e. The van der Waals surface area contributed by atoms with E-state index >= 15 is 0 Å². The highest BCUT2D eigenvalue weighted by molar-refractivity contribution is 5.42. The topological polar surface area (TPSA) is 24.5 Å². The first-order valence-corrected chi connectivity index (χ1v) is 7.43. The number of nitrogens with zero attached hydrogens (tertiary/aromatic N) is 1. The van der Waals surface area contributed by atoms with Gasteiger partial charge in [0.25, 0.3) is 0 Å². The number of fused-ring (bicyclic) bond motifs is 1. The van der Waals surface area contributed by atoms with Gasteiger partial charge >= 0.3 is 0 Å². The molecule has 1 atom stereocenters. The van der Waals surface area contributed by atoms with Crippen molar-refractivity contribution in [2.75, 3.05) is 26.2 Å². The molecular formula is C16H24N2O. The van der Waals surface area contributed by atoms with Gasteiger partial charge in [-0.3, -0.25) is 4.90 Å². The molecule has 104 valence electrons. The number of likely N-dealkylation sites (tertiary alicyclic amines) is 1. The number of benzene rings is 1. The van der Waals surface area contributed by atoms with Gasteiger partial charge in [0.05, 0.1) is 0 Å². The van der Waals surface area contributed by atoms with Gasteiger partial charge in [0, 0.05) is 26.1 Å². The Kier molecular flexibility index (Phi) is 3.50. The van der Waals surface area contributed by atoms with Crippen molar-refractivity contribution in [1.29, 1.82) is 0 Å². The molecule has 0 saturated carbocycles. The predicted molar refractivity (Wildman–Crippen MR) is 77.6 cm³/mol. The predicted octanol–water partition coefficient (Wildman–Crippen LogP) is 2.20. The van der Waals surface area contributed by atoms with Crippen molar-refractivity contribution in [2.24, 2.45) is 0 Å². The quantitative estimate of drug-likeness (QED) is 0.901. The van der Waals surface area contributed by atoms with Crippen LogP contribution in [0.2, 0.25) is 0 Å². The Labute approximate surface area is 115 Å². The zero-order chi connectivity index (χ0) is 13.3. The lowest BCUT2D eigenvalue weighted by Crippen LogP contribution is -2.36. The minimum absolute atomic E-state index is 0.0178. The Bertz CT molecular complexity index is 460. The van der Waals surface area contributed by atoms with Crippen molar-refractivity contribution in [3.05, 3.63) is 29.3 Å². The summed E-state index contributed by atoms with van der Waals surface area (Å²) in [5, 5.41) is 3.42. The van der Waals surface area contributed by atoms with Crippen molar-refractivity contribution in [3.63, 3.8) is 0 Å². The van der Waals surface area contributed by atoms with Crippen LogP contribution in [0.5, 0.6) is 5.75 Å². The Morgan fingerprint density at radius 3 is 3.11 bits per heavy atom. The van der Waals surface area contributed by atoms with Crippen LogP contribution in [0.3, 0.4) is 0 Å². The number of hydrogen-bond donors (Lipinski definition) is 1. The van der Waals surface area contributed by atoms with Crippen LogP contribution in [0, 0.1) is 0 Å². The SMILES string of the molecule is CCN1CCC(C)(Oc2cccc3c2CCNC3)C1. The Balaban J connectivity index is 1.80. The van der Waals surface area contributed by atoms with E-state index in [1.54, 1.807) is 0 Å². The van der Waals surface area contributed by atoms with Crippen LogP contribution in [0.1, 0.15) is 31.4 Å². The fourth-order valence-electron chi connectivity index (χ4n) is 3.24. The largest absolute Gasteiger partial charge is 0.486 e. The molecule has 3 nitrogen and oxygen atoms in total.